The summed E-state index contributed by atoms with van der Waals surface area (Å²) in [6, 6.07) is 13.3. The lowest BCUT2D eigenvalue weighted by Crippen LogP contribution is -2.25. The minimum Gasteiger partial charge on any atom is -0.461 e. The summed E-state index contributed by atoms with van der Waals surface area (Å²) >= 11 is 0. The molecule has 1 N–H and O–H groups in total. The van der Waals surface area contributed by atoms with E-state index in [0.717, 1.165) is 30.0 Å². The van der Waals surface area contributed by atoms with Gasteiger partial charge in [0.25, 0.3) is 0 Å². The van der Waals surface area contributed by atoms with Crippen LogP contribution in [0.3, 0.4) is 0 Å². The number of nitrogens with zero attached hydrogens (tertiary/aromatic N) is 1. The molecule has 150 valence electrons. The first-order valence-corrected chi connectivity index (χ1v) is 10.2. The zero-order valence-electron chi connectivity index (χ0n) is 17.8. The minimum absolute atomic E-state index is 0.580. The normalized spacial score (nSPS) is 14.2. The van der Waals surface area contributed by atoms with Crippen LogP contribution in [0, 0.1) is 6.92 Å². The Balaban J connectivity index is 1.78. The van der Waals surface area contributed by atoms with Gasteiger partial charge in [0.1, 0.15) is 11.5 Å². The lowest BCUT2D eigenvalue weighted by atomic mass is 9.95. The van der Waals surface area contributed by atoms with Gasteiger partial charge in [0, 0.05) is 12.6 Å². The van der Waals surface area contributed by atoms with Crippen molar-refractivity contribution in [2.45, 2.75) is 72.2 Å². The maximum absolute atomic E-state index is 11.2. The molecule has 0 atom stereocenters. The van der Waals surface area contributed by atoms with Crippen LogP contribution in [0.1, 0.15) is 63.2 Å². The fourth-order valence-electron chi connectivity index (χ4n) is 3.62. The Labute approximate surface area is 169 Å². The van der Waals surface area contributed by atoms with Crippen molar-refractivity contribution in [2.75, 3.05) is 0 Å². The van der Waals surface area contributed by atoms with Crippen LogP contribution >= 0.6 is 0 Å². The highest BCUT2D eigenvalue weighted by molar-refractivity contribution is 5.30. The second kappa shape index (κ2) is 8.50. The molecule has 1 fully saturated rings. The third-order valence-electron chi connectivity index (χ3n) is 5.00. The predicted octanol–water partition coefficient (Wildman–Crippen LogP) is 5.87. The molecule has 0 radical (unpaired) electrons. The summed E-state index contributed by atoms with van der Waals surface area (Å²) in [6.45, 7) is 11.8. The van der Waals surface area contributed by atoms with Gasteiger partial charge in [-0.15, -0.1) is 0 Å². The maximum atomic E-state index is 11.2. The van der Waals surface area contributed by atoms with Gasteiger partial charge in [0.05, 0.1) is 6.54 Å². The fourth-order valence-corrected chi connectivity index (χ4v) is 3.62. The molecule has 3 nitrogen and oxygen atoms in total. The number of furan rings is 1. The largest absolute Gasteiger partial charge is 0.461 e. The van der Waals surface area contributed by atoms with Crippen LogP contribution in [-0.2, 0) is 18.7 Å². The molecule has 3 rings (SSSR count). The SMILES string of the molecule is CC(C)=CC(O)(C=C(C)C)c1ccc(CN(Cc2ccc(C)cc2)C2CC2)o1. The Morgan fingerprint density at radius 2 is 1.61 bits per heavy atom. The number of aryl methyl sites for hydroxylation is 1. The molecular weight excluding hydrogens is 346 g/mol. The number of allylic oxidation sites excluding steroid dienone is 2. The van der Waals surface area contributed by atoms with Crippen LogP contribution in [0.15, 0.2) is 64.1 Å². The van der Waals surface area contributed by atoms with Crippen molar-refractivity contribution in [2.24, 2.45) is 0 Å². The molecule has 3 heteroatoms. The average molecular weight is 380 g/mol. The number of benzene rings is 1. The van der Waals surface area contributed by atoms with Gasteiger partial charge in [-0.05, 0) is 77.3 Å². The average Bonchev–Trinajstić information content (AvgIpc) is 3.33. The quantitative estimate of drug-likeness (QED) is 0.583. The van der Waals surface area contributed by atoms with Crippen molar-refractivity contribution >= 4 is 0 Å². The van der Waals surface area contributed by atoms with Crippen molar-refractivity contribution in [3.05, 3.63) is 82.3 Å². The Kier molecular flexibility index (Phi) is 6.26. The van der Waals surface area contributed by atoms with Crippen LogP contribution in [0.5, 0.6) is 0 Å². The van der Waals surface area contributed by atoms with E-state index in [2.05, 4.69) is 36.1 Å². The van der Waals surface area contributed by atoms with Crippen LogP contribution in [-0.4, -0.2) is 16.0 Å². The highest BCUT2D eigenvalue weighted by Gasteiger charge is 2.31. The van der Waals surface area contributed by atoms with Crippen molar-refractivity contribution in [1.82, 2.24) is 4.90 Å². The van der Waals surface area contributed by atoms with E-state index in [4.69, 9.17) is 4.42 Å². The monoisotopic (exact) mass is 379 g/mol. The summed E-state index contributed by atoms with van der Waals surface area (Å²) in [5.74, 6) is 1.48. The molecule has 1 heterocycles. The zero-order valence-corrected chi connectivity index (χ0v) is 17.8. The second-order valence-electron chi connectivity index (χ2n) is 8.66. The van der Waals surface area contributed by atoms with E-state index in [-0.39, 0.29) is 0 Å². The summed E-state index contributed by atoms with van der Waals surface area (Å²) < 4.78 is 6.13. The summed E-state index contributed by atoms with van der Waals surface area (Å²) in [5.41, 5.74) is 3.52. The van der Waals surface area contributed by atoms with Gasteiger partial charge in [0.2, 0.25) is 0 Å². The second-order valence-corrected chi connectivity index (χ2v) is 8.66. The highest BCUT2D eigenvalue weighted by Crippen LogP contribution is 2.33. The first-order valence-electron chi connectivity index (χ1n) is 10.2. The first kappa shape index (κ1) is 20.6. The Bertz CT molecular complexity index is 827. The van der Waals surface area contributed by atoms with E-state index in [1.807, 2.05) is 52.0 Å². The molecule has 1 aromatic carbocycles. The smallest absolute Gasteiger partial charge is 0.159 e. The summed E-state index contributed by atoms with van der Waals surface area (Å²) in [7, 11) is 0. The van der Waals surface area contributed by atoms with E-state index in [0.29, 0.717) is 11.8 Å². The molecule has 1 aromatic heterocycles. The topological polar surface area (TPSA) is 36.6 Å². The fraction of sp³-hybridized carbons (Fsp3) is 0.440. The number of rotatable bonds is 8. The summed E-state index contributed by atoms with van der Waals surface area (Å²) in [6.07, 6.45) is 6.21. The molecule has 0 saturated heterocycles. The van der Waals surface area contributed by atoms with Crippen molar-refractivity contribution in [3.63, 3.8) is 0 Å². The molecule has 0 amide bonds. The van der Waals surface area contributed by atoms with E-state index in [1.54, 1.807) is 0 Å². The molecular formula is C25H33NO2. The summed E-state index contributed by atoms with van der Waals surface area (Å²) in [5, 5.41) is 11.2. The highest BCUT2D eigenvalue weighted by atomic mass is 16.4. The van der Waals surface area contributed by atoms with Gasteiger partial charge in [-0.1, -0.05) is 41.0 Å². The molecule has 2 aromatic rings. The van der Waals surface area contributed by atoms with Crippen LogP contribution < -0.4 is 0 Å². The van der Waals surface area contributed by atoms with E-state index >= 15 is 0 Å². The number of hydrogen-bond donors (Lipinski definition) is 1. The summed E-state index contributed by atoms with van der Waals surface area (Å²) in [4.78, 5) is 2.48. The standard InChI is InChI=1S/C25H33NO2/c1-18(2)14-25(27,15-19(3)4)24-13-12-23(28-24)17-26(22-10-11-22)16-21-8-6-20(5)7-9-21/h6-9,12-15,22,27H,10-11,16-17H2,1-5H3. The lowest BCUT2D eigenvalue weighted by Gasteiger charge is -2.22. The zero-order chi connectivity index (χ0) is 20.3. The Morgan fingerprint density at radius 3 is 2.14 bits per heavy atom. The molecule has 1 saturated carbocycles. The molecule has 0 spiro atoms. The van der Waals surface area contributed by atoms with Gasteiger partial charge < -0.3 is 9.52 Å². The van der Waals surface area contributed by atoms with Crippen LogP contribution in [0.4, 0.5) is 0 Å². The van der Waals surface area contributed by atoms with Gasteiger partial charge in [-0.25, -0.2) is 0 Å². The van der Waals surface area contributed by atoms with E-state index in [1.165, 1.54) is 24.0 Å². The van der Waals surface area contributed by atoms with Crippen molar-refractivity contribution < 1.29 is 9.52 Å². The molecule has 0 aliphatic heterocycles. The Morgan fingerprint density at radius 1 is 1.00 bits per heavy atom. The molecule has 0 bridgehead atoms. The first-order chi connectivity index (χ1) is 13.2. The molecule has 0 unspecified atom stereocenters. The minimum atomic E-state index is -1.20. The van der Waals surface area contributed by atoms with Crippen molar-refractivity contribution in [3.8, 4) is 0 Å². The third kappa shape index (κ3) is 5.46. The number of aliphatic hydroxyl groups is 1. The van der Waals surface area contributed by atoms with Gasteiger partial charge in [-0.3, -0.25) is 4.90 Å². The van der Waals surface area contributed by atoms with Gasteiger partial charge >= 0.3 is 0 Å². The third-order valence-corrected chi connectivity index (χ3v) is 5.00. The number of hydrogen-bond acceptors (Lipinski definition) is 3. The molecule has 1 aliphatic rings. The Hall–Kier alpha value is -2.10. The van der Waals surface area contributed by atoms with Crippen LogP contribution in [0.2, 0.25) is 0 Å². The van der Waals surface area contributed by atoms with Crippen molar-refractivity contribution in [1.29, 1.82) is 0 Å². The van der Waals surface area contributed by atoms with Gasteiger partial charge in [-0.2, -0.15) is 0 Å². The molecule has 28 heavy (non-hydrogen) atoms. The van der Waals surface area contributed by atoms with E-state index in [9.17, 15) is 5.11 Å². The predicted molar refractivity (Wildman–Crippen MR) is 115 cm³/mol. The van der Waals surface area contributed by atoms with Gasteiger partial charge in [0.15, 0.2) is 5.60 Å². The van der Waals surface area contributed by atoms with E-state index < -0.39 is 5.60 Å². The molecule has 1 aliphatic carbocycles. The lowest BCUT2D eigenvalue weighted by molar-refractivity contribution is 0.109. The van der Waals surface area contributed by atoms with Crippen LogP contribution in [0.25, 0.3) is 0 Å². The maximum Gasteiger partial charge on any atom is 0.159 e.